The molecular formula is C11H24N2O2. The van der Waals surface area contributed by atoms with Gasteiger partial charge in [-0.1, -0.05) is 6.42 Å². The van der Waals surface area contributed by atoms with Crippen LogP contribution >= 0.6 is 0 Å². The number of carbonyl (C=O) groups is 1. The molecule has 90 valence electrons. The highest BCUT2D eigenvalue weighted by molar-refractivity contribution is 5.75. The van der Waals surface area contributed by atoms with Gasteiger partial charge in [-0.05, 0) is 40.2 Å². The van der Waals surface area contributed by atoms with Crippen molar-refractivity contribution in [3.8, 4) is 0 Å². The molecule has 4 nitrogen and oxygen atoms in total. The second-order valence-corrected chi connectivity index (χ2v) is 4.80. The predicted molar refractivity (Wildman–Crippen MR) is 61.6 cm³/mol. The van der Waals surface area contributed by atoms with Crippen molar-refractivity contribution >= 4 is 5.97 Å². The van der Waals surface area contributed by atoms with Gasteiger partial charge in [0.15, 0.2) is 0 Å². The third-order valence-electron chi connectivity index (χ3n) is 2.10. The van der Waals surface area contributed by atoms with E-state index in [1.165, 1.54) is 7.11 Å². The lowest BCUT2D eigenvalue weighted by atomic mass is 10.1. The molecule has 0 radical (unpaired) electrons. The van der Waals surface area contributed by atoms with E-state index in [9.17, 15) is 4.79 Å². The standard InChI is InChI=1S/C11H24N2O2/c1-11(2,3)13-8-6-5-7-9(12)10(14)15-4/h9,13H,5-8,12H2,1-4H3/t9-/m1/s1. The molecule has 0 heterocycles. The average molecular weight is 216 g/mol. The van der Waals surface area contributed by atoms with Gasteiger partial charge < -0.3 is 15.8 Å². The Kier molecular flexibility index (Phi) is 6.52. The van der Waals surface area contributed by atoms with Crippen molar-refractivity contribution in [3.05, 3.63) is 0 Å². The van der Waals surface area contributed by atoms with Crippen LogP contribution < -0.4 is 11.1 Å². The van der Waals surface area contributed by atoms with Crippen molar-refractivity contribution in [2.24, 2.45) is 5.73 Å². The summed E-state index contributed by atoms with van der Waals surface area (Å²) >= 11 is 0. The van der Waals surface area contributed by atoms with Crippen molar-refractivity contribution in [1.29, 1.82) is 0 Å². The number of unbranched alkanes of at least 4 members (excludes halogenated alkanes) is 1. The Labute approximate surface area is 92.6 Å². The van der Waals surface area contributed by atoms with Crippen LogP contribution in [-0.4, -0.2) is 31.2 Å². The summed E-state index contributed by atoms with van der Waals surface area (Å²) in [5.41, 5.74) is 5.76. The van der Waals surface area contributed by atoms with Gasteiger partial charge in [0, 0.05) is 5.54 Å². The number of ether oxygens (including phenoxy) is 1. The fourth-order valence-electron chi connectivity index (χ4n) is 1.22. The SMILES string of the molecule is COC(=O)[C@H](N)CCCCNC(C)(C)C. The van der Waals surface area contributed by atoms with Gasteiger partial charge in [-0.15, -0.1) is 0 Å². The summed E-state index contributed by atoms with van der Waals surface area (Å²) in [7, 11) is 1.36. The molecule has 15 heavy (non-hydrogen) atoms. The monoisotopic (exact) mass is 216 g/mol. The molecular weight excluding hydrogens is 192 g/mol. The van der Waals surface area contributed by atoms with E-state index < -0.39 is 6.04 Å². The lowest BCUT2D eigenvalue weighted by molar-refractivity contribution is -0.142. The number of nitrogens with two attached hydrogens (primary N) is 1. The van der Waals surface area contributed by atoms with Crippen LogP contribution in [0.1, 0.15) is 40.0 Å². The van der Waals surface area contributed by atoms with Gasteiger partial charge in [0.1, 0.15) is 6.04 Å². The molecule has 0 fully saturated rings. The Bertz CT molecular complexity index is 188. The summed E-state index contributed by atoms with van der Waals surface area (Å²) < 4.78 is 4.54. The fourth-order valence-corrected chi connectivity index (χ4v) is 1.22. The smallest absolute Gasteiger partial charge is 0.322 e. The molecule has 0 rings (SSSR count). The molecule has 0 unspecified atom stereocenters. The van der Waals surface area contributed by atoms with Crippen LogP contribution in [-0.2, 0) is 9.53 Å². The summed E-state index contributed by atoms with van der Waals surface area (Å²) in [5.74, 6) is -0.321. The molecule has 0 aromatic rings. The van der Waals surface area contributed by atoms with Crippen molar-refractivity contribution in [1.82, 2.24) is 5.32 Å². The highest BCUT2D eigenvalue weighted by Crippen LogP contribution is 2.02. The van der Waals surface area contributed by atoms with E-state index in [0.29, 0.717) is 6.42 Å². The first-order valence-electron chi connectivity index (χ1n) is 5.45. The molecule has 0 spiro atoms. The Morgan fingerprint density at radius 1 is 1.40 bits per heavy atom. The molecule has 0 aliphatic heterocycles. The van der Waals surface area contributed by atoms with E-state index >= 15 is 0 Å². The fraction of sp³-hybridized carbons (Fsp3) is 0.909. The number of hydrogen-bond acceptors (Lipinski definition) is 4. The Morgan fingerprint density at radius 2 is 2.00 bits per heavy atom. The topological polar surface area (TPSA) is 64.3 Å². The second-order valence-electron chi connectivity index (χ2n) is 4.80. The number of nitrogens with one attached hydrogen (secondary N) is 1. The third-order valence-corrected chi connectivity index (χ3v) is 2.10. The van der Waals surface area contributed by atoms with Gasteiger partial charge >= 0.3 is 5.97 Å². The lowest BCUT2D eigenvalue weighted by Crippen LogP contribution is -2.36. The summed E-state index contributed by atoms with van der Waals surface area (Å²) in [6, 6.07) is -0.468. The molecule has 0 aromatic carbocycles. The average Bonchev–Trinajstić information content (AvgIpc) is 2.14. The van der Waals surface area contributed by atoms with E-state index in [1.807, 2.05) is 0 Å². The Morgan fingerprint density at radius 3 is 2.47 bits per heavy atom. The molecule has 0 aromatic heterocycles. The zero-order chi connectivity index (χ0) is 11.9. The molecule has 0 saturated heterocycles. The summed E-state index contributed by atoms with van der Waals surface area (Å²) in [6.07, 6.45) is 2.67. The van der Waals surface area contributed by atoms with E-state index in [4.69, 9.17) is 5.73 Å². The maximum Gasteiger partial charge on any atom is 0.322 e. The number of carbonyl (C=O) groups excluding carboxylic acids is 1. The van der Waals surface area contributed by atoms with Crippen LogP contribution in [0, 0.1) is 0 Å². The summed E-state index contributed by atoms with van der Waals surface area (Å²) in [6.45, 7) is 7.35. The van der Waals surface area contributed by atoms with Gasteiger partial charge in [0.05, 0.1) is 7.11 Å². The minimum absolute atomic E-state index is 0.157. The number of hydrogen-bond donors (Lipinski definition) is 2. The van der Waals surface area contributed by atoms with Crippen LogP contribution in [0.15, 0.2) is 0 Å². The van der Waals surface area contributed by atoms with Crippen LogP contribution in [0.2, 0.25) is 0 Å². The molecule has 0 amide bonds. The normalized spacial score (nSPS) is 13.7. The van der Waals surface area contributed by atoms with E-state index in [2.05, 4.69) is 30.8 Å². The largest absolute Gasteiger partial charge is 0.468 e. The summed E-state index contributed by atoms with van der Waals surface area (Å²) in [5, 5.41) is 3.38. The molecule has 0 bridgehead atoms. The van der Waals surface area contributed by atoms with Crippen LogP contribution in [0.3, 0.4) is 0 Å². The zero-order valence-corrected chi connectivity index (χ0v) is 10.3. The second kappa shape index (κ2) is 6.80. The van der Waals surface area contributed by atoms with E-state index in [-0.39, 0.29) is 11.5 Å². The molecule has 0 saturated carbocycles. The highest BCUT2D eigenvalue weighted by Gasteiger charge is 2.13. The van der Waals surface area contributed by atoms with Crippen LogP contribution in [0.5, 0.6) is 0 Å². The van der Waals surface area contributed by atoms with Crippen LogP contribution in [0.25, 0.3) is 0 Å². The van der Waals surface area contributed by atoms with Gasteiger partial charge in [0.25, 0.3) is 0 Å². The summed E-state index contributed by atoms with van der Waals surface area (Å²) in [4.78, 5) is 11.0. The number of esters is 1. The minimum atomic E-state index is -0.468. The number of methoxy groups -OCH3 is 1. The first kappa shape index (κ1) is 14.4. The maximum absolute atomic E-state index is 11.0. The quantitative estimate of drug-likeness (QED) is 0.514. The molecule has 4 heteroatoms. The van der Waals surface area contributed by atoms with Crippen LogP contribution in [0.4, 0.5) is 0 Å². The highest BCUT2D eigenvalue weighted by atomic mass is 16.5. The van der Waals surface area contributed by atoms with Gasteiger partial charge in [-0.2, -0.15) is 0 Å². The van der Waals surface area contributed by atoms with Crippen molar-refractivity contribution < 1.29 is 9.53 Å². The molecule has 0 aliphatic rings. The van der Waals surface area contributed by atoms with Gasteiger partial charge in [-0.25, -0.2) is 0 Å². The zero-order valence-electron chi connectivity index (χ0n) is 10.3. The Hall–Kier alpha value is -0.610. The molecule has 1 atom stereocenters. The van der Waals surface area contributed by atoms with Gasteiger partial charge in [0.2, 0.25) is 0 Å². The predicted octanol–water partition coefficient (Wildman–Crippen LogP) is 1.05. The van der Waals surface area contributed by atoms with Crippen molar-refractivity contribution in [3.63, 3.8) is 0 Å². The van der Waals surface area contributed by atoms with Crippen molar-refractivity contribution in [2.75, 3.05) is 13.7 Å². The first-order valence-corrected chi connectivity index (χ1v) is 5.45. The van der Waals surface area contributed by atoms with Gasteiger partial charge in [-0.3, -0.25) is 4.79 Å². The molecule has 3 N–H and O–H groups in total. The number of rotatable bonds is 6. The van der Waals surface area contributed by atoms with Crippen molar-refractivity contribution in [2.45, 2.75) is 51.6 Å². The Balaban J connectivity index is 3.43. The maximum atomic E-state index is 11.0. The third kappa shape index (κ3) is 8.39. The minimum Gasteiger partial charge on any atom is -0.468 e. The molecule has 0 aliphatic carbocycles. The van der Waals surface area contributed by atoms with E-state index in [0.717, 1.165) is 19.4 Å². The lowest BCUT2D eigenvalue weighted by Gasteiger charge is -2.20. The first-order chi connectivity index (χ1) is 6.87. The van der Waals surface area contributed by atoms with E-state index in [1.54, 1.807) is 0 Å².